The van der Waals surface area contributed by atoms with Crippen LogP contribution in [0.15, 0.2) is 0 Å². The fourth-order valence-corrected chi connectivity index (χ4v) is 3.88. The van der Waals surface area contributed by atoms with Gasteiger partial charge in [0, 0.05) is 10.8 Å². The molecule has 0 spiro atoms. The van der Waals surface area contributed by atoms with Crippen molar-refractivity contribution in [3.8, 4) is 5.13 Å². The second-order valence-electron chi connectivity index (χ2n) is 5.34. The number of fused-ring (bicyclic) bond motifs is 1. The minimum Gasteiger partial charge on any atom is -0.390 e. The fourth-order valence-electron chi connectivity index (χ4n) is 2.77. The van der Waals surface area contributed by atoms with E-state index in [1.807, 2.05) is 4.68 Å². The normalized spacial score (nSPS) is 18.6. The van der Waals surface area contributed by atoms with Crippen LogP contribution in [0, 0.1) is 0 Å². The summed E-state index contributed by atoms with van der Waals surface area (Å²) in [7, 11) is 0. The van der Waals surface area contributed by atoms with Crippen molar-refractivity contribution < 1.29 is 5.11 Å². The van der Waals surface area contributed by atoms with E-state index >= 15 is 0 Å². The Kier molecular flexibility index (Phi) is 2.66. The summed E-state index contributed by atoms with van der Waals surface area (Å²) in [5, 5.41) is 18.6. The van der Waals surface area contributed by atoms with E-state index in [2.05, 4.69) is 10.3 Å². The van der Waals surface area contributed by atoms with E-state index in [-0.39, 0.29) is 6.61 Å². The second-order valence-corrected chi connectivity index (χ2v) is 6.40. The largest absolute Gasteiger partial charge is 0.390 e. The van der Waals surface area contributed by atoms with Crippen molar-refractivity contribution in [2.24, 2.45) is 0 Å². The Labute approximate surface area is 115 Å². The predicted octanol–water partition coefficient (Wildman–Crippen LogP) is 1.97. The maximum absolute atomic E-state index is 9.38. The molecule has 1 saturated carbocycles. The molecular formula is C13H16N4OS. The van der Waals surface area contributed by atoms with Gasteiger partial charge < -0.3 is 5.11 Å². The first-order chi connectivity index (χ1) is 9.36. The van der Waals surface area contributed by atoms with Gasteiger partial charge >= 0.3 is 0 Å². The van der Waals surface area contributed by atoms with Gasteiger partial charge in [-0.1, -0.05) is 16.6 Å². The first-order valence-electron chi connectivity index (χ1n) is 6.91. The predicted molar refractivity (Wildman–Crippen MR) is 71.6 cm³/mol. The summed E-state index contributed by atoms with van der Waals surface area (Å²) in [5.41, 5.74) is 3.04. The molecule has 19 heavy (non-hydrogen) atoms. The molecular weight excluding hydrogens is 260 g/mol. The number of aliphatic hydroxyl groups is 1. The highest BCUT2D eigenvalue weighted by molar-refractivity contribution is 7.14. The van der Waals surface area contributed by atoms with Crippen LogP contribution in [-0.4, -0.2) is 25.1 Å². The summed E-state index contributed by atoms with van der Waals surface area (Å²) in [4.78, 5) is 6.14. The molecule has 4 rings (SSSR count). The monoisotopic (exact) mass is 276 g/mol. The molecule has 2 aliphatic carbocycles. The number of thiazole rings is 1. The van der Waals surface area contributed by atoms with Crippen molar-refractivity contribution in [3.63, 3.8) is 0 Å². The highest BCUT2D eigenvalue weighted by atomic mass is 32.1. The van der Waals surface area contributed by atoms with Crippen molar-refractivity contribution in [3.05, 3.63) is 22.0 Å². The molecule has 0 amide bonds. The molecule has 2 aromatic rings. The van der Waals surface area contributed by atoms with Crippen LogP contribution >= 0.6 is 11.3 Å². The number of aryl methyl sites for hydroxylation is 2. The number of hydrogen-bond acceptors (Lipinski definition) is 5. The summed E-state index contributed by atoms with van der Waals surface area (Å²) >= 11 is 1.74. The van der Waals surface area contributed by atoms with Crippen LogP contribution in [0.3, 0.4) is 0 Å². The Morgan fingerprint density at radius 2 is 2.11 bits per heavy atom. The third-order valence-electron chi connectivity index (χ3n) is 3.91. The first-order valence-corrected chi connectivity index (χ1v) is 7.72. The molecule has 2 heterocycles. The molecule has 0 saturated heterocycles. The second kappa shape index (κ2) is 4.38. The van der Waals surface area contributed by atoms with Crippen molar-refractivity contribution >= 4 is 11.3 Å². The van der Waals surface area contributed by atoms with E-state index in [1.165, 1.54) is 36.3 Å². The van der Waals surface area contributed by atoms with Gasteiger partial charge in [-0.05, 0) is 38.5 Å². The summed E-state index contributed by atoms with van der Waals surface area (Å²) in [6.45, 7) is -0.0308. The van der Waals surface area contributed by atoms with Gasteiger partial charge in [0.25, 0.3) is 0 Å². The van der Waals surface area contributed by atoms with E-state index in [4.69, 9.17) is 4.98 Å². The lowest BCUT2D eigenvalue weighted by molar-refractivity contribution is 0.275. The van der Waals surface area contributed by atoms with Crippen LogP contribution in [0.25, 0.3) is 5.13 Å². The van der Waals surface area contributed by atoms with E-state index < -0.39 is 0 Å². The van der Waals surface area contributed by atoms with Gasteiger partial charge in [0.2, 0.25) is 5.13 Å². The van der Waals surface area contributed by atoms with Crippen molar-refractivity contribution in [1.29, 1.82) is 0 Å². The molecule has 0 radical (unpaired) electrons. The first kappa shape index (κ1) is 11.5. The van der Waals surface area contributed by atoms with E-state index in [9.17, 15) is 5.11 Å². The fraction of sp³-hybridized carbons (Fsp3) is 0.615. The zero-order valence-corrected chi connectivity index (χ0v) is 11.5. The highest BCUT2D eigenvalue weighted by Gasteiger charge is 2.32. The Hall–Kier alpha value is -1.27. The molecule has 6 heteroatoms. The van der Waals surface area contributed by atoms with Crippen LogP contribution in [0.1, 0.15) is 53.6 Å². The van der Waals surface area contributed by atoms with E-state index in [1.54, 1.807) is 11.3 Å². The molecule has 0 bridgehead atoms. The molecule has 0 aliphatic heterocycles. The molecule has 2 aromatic heterocycles. The highest BCUT2D eigenvalue weighted by Crippen LogP contribution is 2.42. The molecule has 1 fully saturated rings. The molecule has 100 valence electrons. The Balaban J connectivity index is 1.79. The number of hydrogen-bond donors (Lipinski definition) is 1. The van der Waals surface area contributed by atoms with Gasteiger partial charge in [0.15, 0.2) is 0 Å². The quantitative estimate of drug-likeness (QED) is 0.931. The number of nitrogens with zero attached hydrogens (tertiary/aromatic N) is 4. The standard InChI is InChI=1S/C13H16N4OS/c18-7-10-12(8-5-6-8)17(16-15-10)13-14-9-3-1-2-4-11(9)19-13/h8,18H,1-7H2. The average Bonchev–Trinajstić information content (AvgIpc) is 3.04. The maximum Gasteiger partial charge on any atom is 0.212 e. The Bertz CT molecular complexity index is 591. The SMILES string of the molecule is OCc1nnn(-c2nc3c(s2)CCCC3)c1C1CC1. The molecule has 5 nitrogen and oxygen atoms in total. The lowest BCUT2D eigenvalue weighted by Gasteiger charge is -2.06. The molecule has 1 N–H and O–H groups in total. The summed E-state index contributed by atoms with van der Waals surface area (Å²) in [5.74, 6) is 0.512. The minimum absolute atomic E-state index is 0.0308. The van der Waals surface area contributed by atoms with E-state index in [0.29, 0.717) is 5.92 Å². The molecule has 0 unspecified atom stereocenters. The van der Waals surface area contributed by atoms with Gasteiger partial charge in [0.1, 0.15) is 5.69 Å². The average molecular weight is 276 g/mol. The summed E-state index contributed by atoms with van der Waals surface area (Å²) in [6, 6.07) is 0. The number of aromatic nitrogens is 4. The van der Waals surface area contributed by atoms with Crippen LogP contribution < -0.4 is 0 Å². The number of rotatable bonds is 3. The Morgan fingerprint density at radius 3 is 2.84 bits per heavy atom. The summed E-state index contributed by atoms with van der Waals surface area (Å²) in [6.07, 6.45) is 7.09. The van der Waals surface area contributed by atoms with Crippen LogP contribution in [0.4, 0.5) is 0 Å². The lowest BCUT2D eigenvalue weighted by Crippen LogP contribution is -2.03. The Morgan fingerprint density at radius 1 is 1.26 bits per heavy atom. The van der Waals surface area contributed by atoms with Crippen molar-refractivity contribution in [1.82, 2.24) is 20.0 Å². The molecule has 0 atom stereocenters. The van der Waals surface area contributed by atoms with Crippen molar-refractivity contribution in [2.75, 3.05) is 0 Å². The topological polar surface area (TPSA) is 63.8 Å². The minimum atomic E-state index is -0.0308. The number of aliphatic hydroxyl groups excluding tert-OH is 1. The van der Waals surface area contributed by atoms with Gasteiger partial charge in [-0.2, -0.15) is 4.68 Å². The maximum atomic E-state index is 9.38. The van der Waals surface area contributed by atoms with Crippen LogP contribution in [0.5, 0.6) is 0 Å². The molecule has 0 aromatic carbocycles. The smallest absolute Gasteiger partial charge is 0.212 e. The van der Waals surface area contributed by atoms with Gasteiger partial charge in [-0.25, -0.2) is 4.98 Å². The van der Waals surface area contributed by atoms with Crippen molar-refractivity contribution in [2.45, 2.75) is 51.0 Å². The van der Waals surface area contributed by atoms with Gasteiger partial charge in [0.05, 0.1) is 18.0 Å². The summed E-state index contributed by atoms with van der Waals surface area (Å²) < 4.78 is 1.87. The van der Waals surface area contributed by atoms with Crippen LogP contribution in [0.2, 0.25) is 0 Å². The lowest BCUT2D eigenvalue weighted by atomic mass is 10.0. The zero-order chi connectivity index (χ0) is 12.8. The van der Waals surface area contributed by atoms with E-state index in [0.717, 1.165) is 29.4 Å². The van der Waals surface area contributed by atoms with Crippen LogP contribution in [-0.2, 0) is 19.4 Å². The third-order valence-corrected chi connectivity index (χ3v) is 5.04. The van der Waals surface area contributed by atoms with Gasteiger partial charge in [-0.3, -0.25) is 0 Å². The third kappa shape index (κ3) is 1.90. The van der Waals surface area contributed by atoms with Gasteiger partial charge in [-0.15, -0.1) is 5.10 Å². The molecule has 2 aliphatic rings. The zero-order valence-electron chi connectivity index (χ0n) is 10.7.